The van der Waals surface area contributed by atoms with E-state index in [4.69, 9.17) is 15.3 Å². The Labute approximate surface area is 325 Å². The molecule has 0 saturated carbocycles. The lowest BCUT2D eigenvalue weighted by Crippen LogP contribution is -2.17. The standard InChI is InChI=1S/C9H22O9P2.C6H16O8P2.C6H15O5P.C3H4O.C2H6.CH4/c1-9(2)18-20(13,14)17-8-4-7-16-19(11,12)15-6-3-5-10;1-6(2)14-16(10,11)13-5-3-4-12-15(7,8)9;1-6(2)11-12(8,9)10-5-3-4-7;1-2-3-4;1-2;/h9-10H,3-8H2,1-2H3,(H,11,12)(H,13,14);6H,3-5H2,1-2H3,(H,10,11)(H2,7,8,9);6-7H,3-5H2,1-2H3,(H,8,9);4H,1H3;1-2H3;1H4/p-6. The molecule has 0 saturated heterocycles. The van der Waals surface area contributed by atoms with Crippen LogP contribution in [-0.2, 0) is 63.5 Å². The molecule has 4 unspecified atom stereocenters. The van der Waals surface area contributed by atoms with Gasteiger partial charge in [0.2, 0.25) is 0 Å². The lowest BCUT2D eigenvalue weighted by Gasteiger charge is -2.29. The Morgan fingerprint density at radius 3 is 0.909 bits per heavy atom. The molecule has 0 aliphatic rings. The first kappa shape index (κ1) is 66.6. The van der Waals surface area contributed by atoms with Crippen molar-refractivity contribution < 1.29 is 108 Å². The van der Waals surface area contributed by atoms with Crippen LogP contribution in [0.15, 0.2) is 0 Å². The predicted molar refractivity (Wildman–Crippen MR) is 189 cm³/mol. The topological polar surface area (TPSA) is 367 Å². The Balaban J connectivity index is -0.000000154. The molecule has 338 valence electrons. The smallest absolute Gasteiger partial charge is 0.268 e. The first-order chi connectivity index (χ1) is 24.7. The van der Waals surface area contributed by atoms with Gasteiger partial charge in [0.1, 0.15) is 6.11 Å². The van der Waals surface area contributed by atoms with Crippen molar-refractivity contribution >= 4 is 39.1 Å². The summed E-state index contributed by atoms with van der Waals surface area (Å²) in [7, 11) is -22.3. The van der Waals surface area contributed by atoms with Gasteiger partial charge in [-0.05, 0) is 67.2 Å². The van der Waals surface area contributed by atoms with Crippen molar-refractivity contribution in [2.75, 3.05) is 52.9 Å². The first-order valence-corrected chi connectivity index (χ1v) is 23.5. The monoisotopic (exact) mass is 908 g/mol. The van der Waals surface area contributed by atoms with Crippen LogP contribution in [0.3, 0.4) is 0 Å². The summed E-state index contributed by atoms with van der Waals surface area (Å²) in [4.78, 5) is 64.1. The molecule has 23 nitrogen and oxygen atoms in total. The lowest BCUT2D eigenvalue weighted by atomic mass is 10.5. The van der Waals surface area contributed by atoms with E-state index < -0.39 is 64.0 Å². The van der Waals surface area contributed by atoms with Crippen molar-refractivity contribution in [3.8, 4) is 12.0 Å². The van der Waals surface area contributed by atoms with Crippen molar-refractivity contribution in [2.45, 2.75) is 114 Å². The van der Waals surface area contributed by atoms with E-state index in [1.807, 2.05) is 13.8 Å². The van der Waals surface area contributed by atoms with E-state index >= 15 is 0 Å². The lowest BCUT2D eigenvalue weighted by molar-refractivity contribution is -0.341. The largest absolute Gasteiger partial charge is 0.790 e. The maximum atomic E-state index is 11.2. The van der Waals surface area contributed by atoms with E-state index in [1.54, 1.807) is 26.9 Å². The molecule has 0 rings (SSSR count). The second-order valence-electron chi connectivity index (χ2n) is 9.92. The molecule has 0 spiro atoms. The molecule has 55 heavy (non-hydrogen) atoms. The van der Waals surface area contributed by atoms with Crippen LogP contribution in [0.5, 0.6) is 0 Å². The van der Waals surface area contributed by atoms with Crippen LogP contribution in [0.1, 0.15) is 95.4 Å². The van der Waals surface area contributed by atoms with Crippen molar-refractivity contribution in [1.82, 2.24) is 0 Å². The molecule has 0 heterocycles. The highest BCUT2D eigenvalue weighted by atomic mass is 31.2. The fourth-order valence-corrected chi connectivity index (χ4v) is 6.13. The molecule has 28 heteroatoms. The molecule has 0 radical (unpaired) electrons. The van der Waals surface area contributed by atoms with Gasteiger partial charge in [-0.15, -0.1) is 0 Å². The van der Waals surface area contributed by atoms with Gasteiger partial charge in [0.25, 0.3) is 31.3 Å². The molecule has 3 N–H and O–H groups in total. The summed E-state index contributed by atoms with van der Waals surface area (Å²) >= 11 is 0. The molecule has 0 aliphatic heterocycles. The predicted octanol–water partition coefficient (Wildman–Crippen LogP) is 1.58. The van der Waals surface area contributed by atoms with Crippen LogP contribution >= 0.6 is 39.1 Å². The third-order valence-electron chi connectivity index (χ3n) is 3.81. The molecule has 0 aromatic rings. The summed E-state index contributed by atoms with van der Waals surface area (Å²) in [5, 5.41) is 24.3. The zero-order chi connectivity index (χ0) is 43.5. The summed E-state index contributed by atoms with van der Waals surface area (Å²) in [6.07, 6.45) is 0.630. The molecule has 0 aromatic carbocycles. The molecule has 0 bridgehead atoms. The van der Waals surface area contributed by atoms with Gasteiger partial charge in [0.15, 0.2) is 0 Å². The minimum atomic E-state index is -5.00. The van der Waals surface area contributed by atoms with Crippen LogP contribution < -0.4 is 29.4 Å². The van der Waals surface area contributed by atoms with E-state index in [9.17, 15) is 52.2 Å². The Morgan fingerprint density at radius 2 is 0.709 bits per heavy atom. The number of aliphatic hydroxyl groups is 3. The van der Waals surface area contributed by atoms with Gasteiger partial charge < -0.3 is 90.0 Å². The van der Waals surface area contributed by atoms with Crippen LogP contribution in [0, 0.1) is 12.0 Å². The average molecular weight is 909 g/mol. The normalized spacial score (nSPS) is 15.2. The summed E-state index contributed by atoms with van der Waals surface area (Å²) in [5.41, 5.74) is 0. The molecular weight excluding hydrogens is 847 g/mol. The van der Waals surface area contributed by atoms with Crippen molar-refractivity contribution in [3.05, 3.63) is 0 Å². The summed E-state index contributed by atoms with van der Waals surface area (Å²) in [5.74, 6) is 2.24. The second kappa shape index (κ2) is 39.3. The highest BCUT2D eigenvalue weighted by molar-refractivity contribution is 7.46. The van der Waals surface area contributed by atoms with Gasteiger partial charge in [0, 0.05) is 20.1 Å². The second-order valence-corrected chi connectivity index (χ2v) is 16.6. The zero-order valence-electron chi connectivity index (χ0n) is 32.0. The Morgan fingerprint density at radius 1 is 0.491 bits per heavy atom. The number of aliphatic hydroxyl groups excluding tert-OH is 3. The Hall–Kier alpha value is -0.170. The van der Waals surface area contributed by atoms with Crippen LogP contribution in [0.4, 0.5) is 0 Å². The number of hydrogen-bond acceptors (Lipinski definition) is 23. The third kappa shape index (κ3) is 63.2. The minimum Gasteiger partial charge on any atom is -0.790 e. The van der Waals surface area contributed by atoms with E-state index in [2.05, 4.69) is 46.6 Å². The molecule has 0 aliphatic carbocycles. The molecule has 0 amide bonds. The summed E-state index contributed by atoms with van der Waals surface area (Å²) < 4.78 is 93.5. The van der Waals surface area contributed by atoms with Crippen molar-refractivity contribution in [3.63, 3.8) is 0 Å². The Bertz CT molecular complexity index is 1160. The van der Waals surface area contributed by atoms with Gasteiger partial charge in [-0.3, -0.25) is 18.3 Å². The molecule has 0 aromatic heterocycles. The fourth-order valence-electron chi connectivity index (χ4n) is 2.21. The zero-order valence-corrected chi connectivity index (χ0v) is 36.4. The van der Waals surface area contributed by atoms with Gasteiger partial charge in [-0.25, -0.2) is 0 Å². The highest BCUT2D eigenvalue weighted by Crippen LogP contribution is 2.42. The van der Waals surface area contributed by atoms with Crippen molar-refractivity contribution in [2.24, 2.45) is 0 Å². The summed E-state index contributed by atoms with van der Waals surface area (Å²) in [6, 6.07) is 0. The SMILES string of the molecule is C.CC.CC#CO.CC(C)OP(=O)([O-])OCCCO.CC(C)OP(=O)([O-])OCCCOP(=O)([O-])OCCCO.CC(C)OP(=O)([O-])OCCCOP(=O)([O-])[O-]. The van der Waals surface area contributed by atoms with Gasteiger partial charge in [-0.1, -0.05) is 27.2 Å². The molecule has 4 atom stereocenters. The van der Waals surface area contributed by atoms with E-state index in [-0.39, 0.29) is 79.4 Å². The van der Waals surface area contributed by atoms with E-state index in [0.717, 1.165) is 0 Å². The first-order valence-electron chi connectivity index (χ1n) is 16.2. The fraction of sp³-hybridized carbons (Fsp3) is 0.926. The maximum Gasteiger partial charge on any atom is 0.268 e. The van der Waals surface area contributed by atoms with Gasteiger partial charge in [0.05, 0.1) is 65.8 Å². The van der Waals surface area contributed by atoms with Gasteiger partial charge in [-0.2, -0.15) is 0 Å². The molecular formula is C27H61O23P5-6. The number of hydrogen-bond donors (Lipinski definition) is 3. The number of phosphoric ester groups is 5. The van der Waals surface area contributed by atoms with Crippen LogP contribution in [0.25, 0.3) is 0 Å². The number of phosphoric acid groups is 5. The van der Waals surface area contributed by atoms with Gasteiger partial charge >= 0.3 is 0 Å². The van der Waals surface area contributed by atoms with Crippen LogP contribution in [-0.4, -0.2) is 86.5 Å². The highest BCUT2D eigenvalue weighted by Gasteiger charge is 2.14. The van der Waals surface area contributed by atoms with E-state index in [0.29, 0.717) is 0 Å². The van der Waals surface area contributed by atoms with E-state index in [1.165, 1.54) is 27.7 Å². The summed E-state index contributed by atoms with van der Waals surface area (Å²) in [6.45, 7) is 13.1. The third-order valence-corrected chi connectivity index (χ3v) is 8.84. The maximum absolute atomic E-state index is 11.2. The Kier molecular flexibility index (Phi) is 47.6. The average Bonchev–Trinajstić information content (AvgIpc) is 3.00. The molecule has 0 fully saturated rings. The van der Waals surface area contributed by atoms with Crippen LogP contribution in [0.2, 0.25) is 0 Å². The number of rotatable bonds is 26. The van der Waals surface area contributed by atoms with Crippen molar-refractivity contribution in [1.29, 1.82) is 0 Å². The quantitative estimate of drug-likeness (QED) is 0.0630. The minimum absolute atomic E-state index is 0.